The summed E-state index contributed by atoms with van der Waals surface area (Å²) in [6, 6.07) is 8.12. The van der Waals surface area contributed by atoms with Crippen LogP contribution in [0, 0.1) is 5.92 Å². The van der Waals surface area contributed by atoms with E-state index in [2.05, 4.69) is 17.0 Å². The fourth-order valence-electron chi connectivity index (χ4n) is 3.18. The molecule has 0 N–H and O–H groups in total. The number of carbonyl (C=O) groups excluding carboxylic acids is 1. The number of amides is 1. The molecule has 1 aromatic carbocycles. The Morgan fingerprint density at radius 3 is 2.32 bits per heavy atom. The van der Waals surface area contributed by atoms with Crippen LogP contribution in [0.4, 0.5) is 5.69 Å². The molecule has 120 valence electrons. The van der Waals surface area contributed by atoms with Crippen LogP contribution in [-0.2, 0) is 9.53 Å². The second-order valence-corrected chi connectivity index (χ2v) is 5.90. The highest BCUT2D eigenvalue weighted by Gasteiger charge is 2.28. The Hall–Kier alpha value is -1.75. The molecule has 5 heteroatoms. The molecule has 2 fully saturated rings. The smallest absolute Gasteiger partial charge is 0.225 e. The monoisotopic (exact) mass is 304 g/mol. The first kappa shape index (κ1) is 15.2. The van der Waals surface area contributed by atoms with E-state index in [4.69, 9.17) is 9.47 Å². The molecule has 2 aliphatic heterocycles. The zero-order valence-corrected chi connectivity index (χ0v) is 13.2. The number of methoxy groups -OCH3 is 1. The summed E-state index contributed by atoms with van der Waals surface area (Å²) in [5.41, 5.74) is 1.19. The first-order valence-electron chi connectivity index (χ1n) is 8.03. The van der Waals surface area contributed by atoms with Gasteiger partial charge in [0.25, 0.3) is 0 Å². The molecule has 1 aromatic rings. The molecule has 0 unspecified atom stereocenters. The molecule has 0 radical (unpaired) electrons. The standard InChI is InChI=1S/C17H24N2O3/c1-21-16-4-2-15(3-5-16)18-8-10-19(11-9-18)17(20)14-6-12-22-13-7-14/h2-5,14H,6-13H2,1H3. The van der Waals surface area contributed by atoms with Crippen LogP contribution in [0.15, 0.2) is 24.3 Å². The van der Waals surface area contributed by atoms with Crippen molar-refractivity contribution in [1.29, 1.82) is 0 Å². The van der Waals surface area contributed by atoms with Crippen molar-refractivity contribution in [3.63, 3.8) is 0 Å². The fourth-order valence-corrected chi connectivity index (χ4v) is 3.18. The lowest BCUT2D eigenvalue weighted by Crippen LogP contribution is -2.51. The first-order valence-corrected chi connectivity index (χ1v) is 8.03. The van der Waals surface area contributed by atoms with Crippen molar-refractivity contribution >= 4 is 11.6 Å². The Morgan fingerprint density at radius 1 is 1.09 bits per heavy atom. The summed E-state index contributed by atoms with van der Waals surface area (Å²) < 4.78 is 10.5. The van der Waals surface area contributed by atoms with Gasteiger partial charge in [0.15, 0.2) is 0 Å². The highest BCUT2D eigenvalue weighted by Crippen LogP contribution is 2.22. The molecule has 2 saturated heterocycles. The Bertz CT molecular complexity index is 489. The van der Waals surface area contributed by atoms with Gasteiger partial charge in [0.1, 0.15) is 5.75 Å². The zero-order valence-electron chi connectivity index (χ0n) is 13.2. The highest BCUT2D eigenvalue weighted by molar-refractivity contribution is 5.79. The largest absolute Gasteiger partial charge is 0.497 e. The van der Waals surface area contributed by atoms with Crippen molar-refractivity contribution in [1.82, 2.24) is 4.90 Å². The summed E-state index contributed by atoms with van der Waals surface area (Å²) in [5.74, 6) is 1.36. The number of ether oxygens (including phenoxy) is 2. The lowest BCUT2D eigenvalue weighted by molar-refractivity contribution is -0.138. The number of benzene rings is 1. The Morgan fingerprint density at radius 2 is 1.73 bits per heavy atom. The van der Waals surface area contributed by atoms with Crippen molar-refractivity contribution in [2.45, 2.75) is 12.8 Å². The number of hydrogen-bond acceptors (Lipinski definition) is 4. The third kappa shape index (κ3) is 3.35. The summed E-state index contributed by atoms with van der Waals surface area (Å²) >= 11 is 0. The van der Waals surface area contributed by atoms with Crippen molar-refractivity contribution in [2.75, 3.05) is 51.4 Å². The fraction of sp³-hybridized carbons (Fsp3) is 0.588. The lowest BCUT2D eigenvalue weighted by atomic mass is 9.98. The molecule has 0 bridgehead atoms. The van der Waals surface area contributed by atoms with E-state index < -0.39 is 0 Å². The molecule has 2 aliphatic rings. The van der Waals surface area contributed by atoms with E-state index in [1.807, 2.05) is 17.0 Å². The van der Waals surface area contributed by atoms with Gasteiger partial charge in [-0.15, -0.1) is 0 Å². The molecule has 0 spiro atoms. The van der Waals surface area contributed by atoms with E-state index in [0.29, 0.717) is 5.91 Å². The van der Waals surface area contributed by atoms with Gasteiger partial charge < -0.3 is 19.3 Å². The van der Waals surface area contributed by atoms with E-state index in [-0.39, 0.29) is 5.92 Å². The van der Waals surface area contributed by atoms with Crippen molar-refractivity contribution < 1.29 is 14.3 Å². The van der Waals surface area contributed by atoms with Crippen molar-refractivity contribution in [2.24, 2.45) is 5.92 Å². The van der Waals surface area contributed by atoms with Crippen molar-refractivity contribution in [3.8, 4) is 5.75 Å². The summed E-state index contributed by atoms with van der Waals surface area (Å²) in [4.78, 5) is 16.9. The molecule has 1 amide bonds. The lowest BCUT2D eigenvalue weighted by Gasteiger charge is -2.38. The molecule has 22 heavy (non-hydrogen) atoms. The van der Waals surface area contributed by atoms with Gasteiger partial charge in [-0.25, -0.2) is 0 Å². The quantitative estimate of drug-likeness (QED) is 0.853. The van der Waals surface area contributed by atoms with Gasteiger partial charge >= 0.3 is 0 Å². The molecule has 0 aromatic heterocycles. The van der Waals surface area contributed by atoms with Gasteiger partial charge in [-0.1, -0.05) is 0 Å². The number of carbonyl (C=O) groups is 1. The maximum absolute atomic E-state index is 12.5. The predicted molar refractivity (Wildman–Crippen MR) is 85.3 cm³/mol. The third-order valence-electron chi connectivity index (χ3n) is 4.60. The van der Waals surface area contributed by atoms with Crippen LogP contribution >= 0.6 is 0 Å². The number of nitrogens with zero attached hydrogens (tertiary/aromatic N) is 2. The van der Waals surface area contributed by atoms with E-state index in [1.165, 1.54) is 5.69 Å². The van der Waals surface area contributed by atoms with E-state index in [1.54, 1.807) is 7.11 Å². The maximum Gasteiger partial charge on any atom is 0.225 e. The molecular formula is C17H24N2O3. The molecule has 3 rings (SSSR count). The average molecular weight is 304 g/mol. The van der Waals surface area contributed by atoms with Crippen molar-refractivity contribution in [3.05, 3.63) is 24.3 Å². The molecule has 5 nitrogen and oxygen atoms in total. The number of anilines is 1. The van der Waals surface area contributed by atoms with Gasteiger partial charge in [-0.2, -0.15) is 0 Å². The van der Waals surface area contributed by atoms with Crippen LogP contribution in [-0.4, -0.2) is 57.3 Å². The molecule has 0 atom stereocenters. The van der Waals surface area contributed by atoms with Crippen LogP contribution in [0.25, 0.3) is 0 Å². The normalized spacial score (nSPS) is 20.0. The van der Waals surface area contributed by atoms with Gasteiger partial charge in [-0.3, -0.25) is 4.79 Å². The molecule has 0 saturated carbocycles. The second kappa shape index (κ2) is 7.01. The number of rotatable bonds is 3. The molecule has 2 heterocycles. The minimum atomic E-state index is 0.168. The van der Waals surface area contributed by atoms with E-state index in [9.17, 15) is 4.79 Å². The SMILES string of the molecule is COc1ccc(N2CCN(C(=O)C3CCOCC3)CC2)cc1. The van der Waals surface area contributed by atoms with Crippen LogP contribution < -0.4 is 9.64 Å². The van der Waals surface area contributed by atoms with E-state index >= 15 is 0 Å². The van der Waals surface area contributed by atoms with Gasteiger partial charge in [0, 0.05) is 51.0 Å². The molecule has 0 aliphatic carbocycles. The summed E-state index contributed by atoms with van der Waals surface area (Å²) in [6.07, 6.45) is 1.75. The minimum absolute atomic E-state index is 0.168. The maximum atomic E-state index is 12.5. The Labute approximate surface area is 131 Å². The summed E-state index contributed by atoms with van der Waals surface area (Å²) in [6.45, 7) is 4.84. The topological polar surface area (TPSA) is 42.0 Å². The molecular weight excluding hydrogens is 280 g/mol. The van der Waals surface area contributed by atoms with Crippen LogP contribution in [0.2, 0.25) is 0 Å². The highest BCUT2D eigenvalue weighted by atomic mass is 16.5. The van der Waals surface area contributed by atoms with Gasteiger partial charge in [0.2, 0.25) is 5.91 Å². The van der Waals surface area contributed by atoms with Gasteiger partial charge in [0.05, 0.1) is 7.11 Å². The first-order chi connectivity index (χ1) is 10.8. The summed E-state index contributed by atoms with van der Waals surface area (Å²) in [7, 11) is 1.68. The summed E-state index contributed by atoms with van der Waals surface area (Å²) in [5, 5.41) is 0. The van der Waals surface area contributed by atoms with Crippen LogP contribution in [0.3, 0.4) is 0 Å². The zero-order chi connectivity index (χ0) is 15.4. The van der Waals surface area contributed by atoms with Crippen LogP contribution in [0.5, 0.6) is 5.75 Å². The Kier molecular flexibility index (Phi) is 4.83. The number of piperazine rings is 1. The minimum Gasteiger partial charge on any atom is -0.497 e. The predicted octanol–water partition coefficient (Wildman–Crippen LogP) is 1.77. The average Bonchev–Trinajstić information content (AvgIpc) is 2.62. The van der Waals surface area contributed by atoms with E-state index in [0.717, 1.165) is 58.0 Å². The van der Waals surface area contributed by atoms with Crippen LogP contribution in [0.1, 0.15) is 12.8 Å². The third-order valence-corrected chi connectivity index (χ3v) is 4.60. The second-order valence-electron chi connectivity index (χ2n) is 5.90. The van der Waals surface area contributed by atoms with Gasteiger partial charge in [-0.05, 0) is 37.1 Å². The number of hydrogen-bond donors (Lipinski definition) is 0. The Balaban J connectivity index is 1.54.